The zero-order chi connectivity index (χ0) is 14.5. The molecule has 0 radical (unpaired) electrons. The lowest BCUT2D eigenvalue weighted by molar-refractivity contribution is 0.313. The van der Waals surface area contributed by atoms with Crippen LogP contribution in [0.1, 0.15) is 22.5 Å². The van der Waals surface area contributed by atoms with E-state index in [2.05, 4.69) is 36.3 Å². The molecule has 0 spiro atoms. The van der Waals surface area contributed by atoms with Crippen LogP contribution < -0.4 is 10.1 Å². The Morgan fingerprint density at radius 3 is 2.50 bits per heavy atom. The standard InChI is InChI=1S/C16H23N3O/c1-12-9-14(11-17-3)10-13(2)16(12)20-8-5-15-18-6-7-19(15)4/h6-7,9-10,17H,5,8,11H2,1-4H3. The molecule has 0 aliphatic rings. The zero-order valence-corrected chi connectivity index (χ0v) is 12.7. The molecule has 0 aliphatic heterocycles. The van der Waals surface area contributed by atoms with Crippen molar-refractivity contribution >= 4 is 0 Å². The first-order chi connectivity index (χ1) is 9.61. The van der Waals surface area contributed by atoms with Crippen molar-refractivity contribution in [1.82, 2.24) is 14.9 Å². The molecule has 108 valence electrons. The average Bonchev–Trinajstić information content (AvgIpc) is 2.79. The van der Waals surface area contributed by atoms with Gasteiger partial charge in [-0.3, -0.25) is 0 Å². The minimum absolute atomic E-state index is 0.651. The van der Waals surface area contributed by atoms with Gasteiger partial charge in [-0.05, 0) is 37.6 Å². The highest BCUT2D eigenvalue weighted by Crippen LogP contribution is 2.25. The highest BCUT2D eigenvalue weighted by molar-refractivity contribution is 5.43. The highest BCUT2D eigenvalue weighted by atomic mass is 16.5. The number of benzene rings is 1. The van der Waals surface area contributed by atoms with E-state index in [9.17, 15) is 0 Å². The maximum absolute atomic E-state index is 5.96. The van der Waals surface area contributed by atoms with E-state index in [-0.39, 0.29) is 0 Å². The zero-order valence-electron chi connectivity index (χ0n) is 12.7. The predicted octanol–water partition coefficient (Wildman–Crippen LogP) is 2.38. The number of hydrogen-bond donors (Lipinski definition) is 1. The minimum Gasteiger partial charge on any atom is -0.493 e. The molecule has 1 N–H and O–H groups in total. The molecule has 2 aromatic rings. The first-order valence-corrected chi connectivity index (χ1v) is 6.95. The summed E-state index contributed by atoms with van der Waals surface area (Å²) in [6, 6.07) is 4.36. The Kier molecular flexibility index (Phi) is 4.79. The van der Waals surface area contributed by atoms with E-state index >= 15 is 0 Å². The molecule has 1 heterocycles. The SMILES string of the molecule is CNCc1cc(C)c(OCCc2nccn2C)c(C)c1. The lowest BCUT2D eigenvalue weighted by Crippen LogP contribution is -2.09. The first-order valence-electron chi connectivity index (χ1n) is 6.95. The van der Waals surface area contributed by atoms with E-state index in [1.54, 1.807) is 0 Å². The second-order valence-electron chi connectivity index (χ2n) is 5.14. The summed E-state index contributed by atoms with van der Waals surface area (Å²) < 4.78 is 7.98. The van der Waals surface area contributed by atoms with Gasteiger partial charge in [0.2, 0.25) is 0 Å². The fraction of sp³-hybridized carbons (Fsp3) is 0.438. The van der Waals surface area contributed by atoms with Crippen LogP contribution in [0.2, 0.25) is 0 Å². The summed E-state index contributed by atoms with van der Waals surface area (Å²) in [4.78, 5) is 4.30. The molecular formula is C16H23N3O. The molecule has 0 fully saturated rings. The van der Waals surface area contributed by atoms with Crippen molar-refractivity contribution in [3.63, 3.8) is 0 Å². The third kappa shape index (κ3) is 3.39. The van der Waals surface area contributed by atoms with Gasteiger partial charge in [-0.1, -0.05) is 12.1 Å². The van der Waals surface area contributed by atoms with Crippen LogP contribution in [0, 0.1) is 13.8 Å². The Bertz CT molecular complexity index is 552. The number of rotatable bonds is 6. The summed E-state index contributed by atoms with van der Waals surface area (Å²) in [5.74, 6) is 2.05. The van der Waals surface area contributed by atoms with Crippen LogP contribution in [0.15, 0.2) is 24.5 Å². The van der Waals surface area contributed by atoms with Crippen molar-refractivity contribution in [1.29, 1.82) is 0 Å². The van der Waals surface area contributed by atoms with E-state index in [1.807, 2.05) is 31.1 Å². The minimum atomic E-state index is 0.651. The average molecular weight is 273 g/mol. The van der Waals surface area contributed by atoms with Gasteiger partial charge in [0.25, 0.3) is 0 Å². The van der Waals surface area contributed by atoms with Gasteiger partial charge in [-0.25, -0.2) is 4.98 Å². The summed E-state index contributed by atoms with van der Waals surface area (Å²) in [5.41, 5.74) is 3.67. The van der Waals surface area contributed by atoms with E-state index < -0.39 is 0 Å². The molecular weight excluding hydrogens is 250 g/mol. The molecule has 0 aliphatic carbocycles. The van der Waals surface area contributed by atoms with Gasteiger partial charge in [0.05, 0.1) is 6.61 Å². The lowest BCUT2D eigenvalue weighted by Gasteiger charge is -2.14. The molecule has 1 aromatic carbocycles. The Morgan fingerprint density at radius 2 is 1.95 bits per heavy atom. The third-order valence-electron chi connectivity index (χ3n) is 3.39. The number of nitrogens with zero attached hydrogens (tertiary/aromatic N) is 2. The number of hydrogen-bond acceptors (Lipinski definition) is 3. The van der Waals surface area contributed by atoms with Crippen molar-refractivity contribution in [2.24, 2.45) is 7.05 Å². The molecule has 0 atom stereocenters. The Balaban J connectivity index is 2.01. The summed E-state index contributed by atoms with van der Waals surface area (Å²) in [7, 11) is 3.97. The molecule has 0 bridgehead atoms. The van der Waals surface area contributed by atoms with Gasteiger partial charge < -0.3 is 14.6 Å². The summed E-state index contributed by atoms with van der Waals surface area (Å²) in [5, 5.41) is 3.17. The maximum atomic E-state index is 5.96. The fourth-order valence-corrected chi connectivity index (χ4v) is 2.46. The molecule has 0 amide bonds. The van der Waals surface area contributed by atoms with Crippen LogP contribution in [-0.4, -0.2) is 23.2 Å². The van der Waals surface area contributed by atoms with Gasteiger partial charge in [0.1, 0.15) is 11.6 Å². The molecule has 20 heavy (non-hydrogen) atoms. The fourth-order valence-electron chi connectivity index (χ4n) is 2.46. The monoisotopic (exact) mass is 273 g/mol. The van der Waals surface area contributed by atoms with Crippen molar-refractivity contribution in [3.05, 3.63) is 47.0 Å². The number of imidazole rings is 1. The second-order valence-corrected chi connectivity index (χ2v) is 5.14. The topological polar surface area (TPSA) is 39.1 Å². The smallest absolute Gasteiger partial charge is 0.125 e. The van der Waals surface area contributed by atoms with Crippen LogP contribution in [0.4, 0.5) is 0 Å². The molecule has 4 nitrogen and oxygen atoms in total. The number of ether oxygens (including phenoxy) is 1. The van der Waals surface area contributed by atoms with Gasteiger partial charge in [0.15, 0.2) is 0 Å². The van der Waals surface area contributed by atoms with E-state index in [0.717, 1.165) is 24.5 Å². The summed E-state index contributed by atoms with van der Waals surface area (Å²) >= 11 is 0. The first kappa shape index (κ1) is 14.6. The van der Waals surface area contributed by atoms with Crippen LogP contribution in [-0.2, 0) is 20.0 Å². The lowest BCUT2D eigenvalue weighted by atomic mass is 10.1. The number of nitrogens with one attached hydrogen (secondary N) is 1. The van der Waals surface area contributed by atoms with Crippen molar-refractivity contribution in [2.45, 2.75) is 26.8 Å². The van der Waals surface area contributed by atoms with Gasteiger partial charge >= 0.3 is 0 Å². The van der Waals surface area contributed by atoms with Crippen LogP contribution >= 0.6 is 0 Å². The Hall–Kier alpha value is -1.81. The molecule has 0 saturated heterocycles. The van der Waals surface area contributed by atoms with Crippen LogP contribution in [0.25, 0.3) is 0 Å². The summed E-state index contributed by atoms with van der Waals surface area (Å²) in [6.45, 7) is 5.73. The molecule has 4 heteroatoms. The largest absolute Gasteiger partial charge is 0.493 e. The number of aromatic nitrogens is 2. The third-order valence-corrected chi connectivity index (χ3v) is 3.39. The highest BCUT2D eigenvalue weighted by Gasteiger charge is 2.07. The Morgan fingerprint density at radius 1 is 1.25 bits per heavy atom. The van der Waals surface area contributed by atoms with Gasteiger partial charge in [-0.2, -0.15) is 0 Å². The van der Waals surface area contributed by atoms with E-state index in [1.165, 1.54) is 16.7 Å². The van der Waals surface area contributed by atoms with E-state index in [0.29, 0.717) is 6.61 Å². The maximum Gasteiger partial charge on any atom is 0.125 e. The quantitative estimate of drug-likeness (QED) is 0.878. The second kappa shape index (κ2) is 6.57. The normalized spacial score (nSPS) is 10.8. The Labute approximate surface area is 120 Å². The van der Waals surface area contributed by atoms with Gasteiger partial charge in [-0.15, -0.1) is 0 Å². The van der Waals surface area contributed by atoms with E-state index in [4.69, 9.17) is 4.74 Å². The molecule has 0 unspecified atom stereocenters. The van der Waals surface area contributed by atoms with Crippen LogP contribution in [0.5, 0.6) is 5.75 Å². The van der Waals surface area contributed by atoms with Crippen molar-refractivity contribution in [3.8, 4) is 5.75 Å². The van der Waals surface area contributed by atoms with Crippen LogP contribution in [0.3, 0.4) is 0 Å². The predicted molar refractivity (Wildman–Crippen MR) is 81.1 cm³/mol. The number of aryl methyl sites for hydroxylation is 3. The van der Waals surface area contributed by atoms with Crippen molar-refractivity contribution in [2.75, 3.05) is 13.7 Å². The summed E-state index contributed by atoms with van der Waals surface area (Å²) in [6.07, 6.45) is 4.59. The van der Waals surface area contributed by atoms with Gasteiger partial charge in [0, 0.05) is 32.4 Å². The van der Waals surface area contributed by atoms with Crippen molar-refractivity contribution < 1.29 is 4.74 Å². The molecule has 1 aromatic heterocycles. The molecule has 2 rings (SSSR count). The molecule has 0 saturated carbocycles.